The maximum atomic E-state index is 8.57. The molecule has 0 heterocycles. The van der Waals surface area contributed by atoms with Crippen molar-refractivity contribution in [3.8, 4) is 17.6 Å². The van der Waals surface area contributed by atoms with Gasteiger partial charge < -0.3 is 15.2 Å². The number of rotatable bonds is 4. The van der Waals surface area contributed by atoms with Crippen LogP contribution in [0.5, 0.6) is 11.5 Å². The first-order chi connectivity index (χ1) is 7.22. The predicted molar refractivity (Wildman–Crippen MR) is 56.7 cm³/mol. The molecule has 0 saturated carbocycles. The van der Waals surface area contributed by atoms with Gasteiger partial charge in [-0.3, -0.25) is 0 Å². The first-order valence-electron chi connectivity index (χ1n) is 4.57. The third-order valence-electron chi connectivity index (χ3n) is 2.15. The molecule has 80 valence electrons. The van der Waals surface area contributed by atoms with Crippen molar-refractivity contribution in [2.75, 3.05) is 14.2 Å². The summed E-state index contributed by atoms with van der Waals surface area (Å²) in [5, 5.41) is 8.57. The Morgan fingerprint density at radius 3 is 2.67 bits per heavy atom. The van der Waals surface area contributed by atoms with Crippen molar-refractivity contribution in [1.29, 1.82) is 5.26 Å². The van der Waals surface area contributed by atoms with Crippen molar-refractivity contribution in [2.24, 2.45) is 5.73 Å². The predicted octanol–water partition coefficient (Wildman–Crippen LogP) is 1.62. The monoisotopic (exact) mass is 206 g/mol. The summed E-state index contributed by atoms with van der Waals surface area (Å²) in [4.78, 5) is 0. The number of nitriles is 1. The second-order valence-electron chi connectivity index (χ2n) is 3.08. The molecule has 0 aromatic heterocycles. The maximum Gasteiger partial charge on any atom is 0.127 e. The zero-order valence-electron chi connectivity index (χ0n) is 8.86. The van der Waals surface area contributed by atoms with Gasteiger partial charge in [0, 0.05) is 17.7 Å². The van der Waals surface area contributed by atoms with Gasteiger partial charge in [-0.05, 0) is 6.07 Å². The fraction of sp³-hybridized carbons (Fsp3) is 0.364. The molecule has 0 spiro atoms. The lowest BCUT2D eigenvalue weighted by Crippen LogP contribution is -2.10. The standard InChI is InChI=1S/C11H14N2O2/c1-14-8-3-4-9(10(13)5-6-12)11(7-8)15-2/h3-4,7,10H,5,13H2,1-2H3/t10-/m0/s1. The number of nitrogens with zero attached hydrogens (tertiary/aromatic N) is 1. The van der Waals surface area contributed by atoms with E-state index in [0.29, 0.717) is 11.5 Å². The zero-order valence-corrected chi connectivity index (χ0v) is 8.86. The number of nitrogens with two attached hydrogens (primary N) is 1. The van der Waals surface area contributed by atoms with Crippen molar-refractivity contribution in [3.63, 3.8) is 0 Å². The van der Waals surface area contributed by atoms with Gasteiger partial charge in [0.15, 0.2) is 0 Å². The maximum absolute atomic E-state index is 8.57. The van der Waals surface area contributed by atoms with E-state index >= 15 is 0 Å². The average molecular weight is 206 g/mol. The van der Waals surface area contributed by atoms with Crippen LogP contribution in [0.1, 0.15) is 18.0 Å². The first kappa shape index (κ1) is 11.3. The molecule has 0 bridgehead atoms. The highest BCUT2D eigenvalue weighted by atomic mass is 16.5. The molecule has 0 aliphatic heterocycles. The van der Waals surface area contributed by atoms with Gasteiger partial charge in [0.1, 0.15) is 11.5 Å². The van der Waals surface area contributed by atoms with Crippen LogP contribution in [0.25, 0.3) is 0 Å². The van der Waals surface area contributed by atoms with Crippen molar-refractivity contribution in [1.82, 2.24) is 0 Å². The van der Waals surface area contributed by atoms with E-state index in [-0.39, 0.29) is 12.5 Å². The minimum Gasteiger partial charge on any atom is -0.497 e. The highest BCUT2D eigenvalue weighted by Gasteiger charge is 2.12. The third kappa shape index (κ3) is 2.61. The van der Waals surface area contributed by atoms with Crippen molar-refractivity contribution < 1.29 is 9.47 Å². The number of hydrogen-bond acceptors (Lipinski definition) is 4. The Balaban J connectivity index is 3.02. The van der Waals surface area contributed by atoms with Crippen LogP contribution >= 0.6 is 0 Å². The van der Waals surface area contributed by atoms with Crippen LogP contribution in [-0.2, 0) is 0 Å². The van der Waals surface area contributed by atoms with E-state index in [1.54, 1.807) is 26.4 Å². The van der Waals surface area contributed by atoms with Crippen LogP contribution in [-0.4, -0.2) is 14.2 Å². The number of ether oxygens (including phenoxy) is 2. The Labute approximate surface area is 89.2 Å². The molecule has 1 aromatic carbocycles. The Morgan fingerprint density at radius 1 is 1.40 bits per heavy atom. The number of methoxy groups -OCH3 is 2. The smallest absolute Gasteiger partial charge is 0.127 e. The Hall–Kier alpha value is -1.73. The van der Waals surface area contributed by atoms with Gasteiger partial charge in [-0.1, -0.05) is 6.07 Å². The van der Waals surface area contributed by atoms with Crippen LogP contribution in [0.3, 0.4) is 0 Å². The van der Waals surface area contributed by atoms with Gasteiger partial charge in [0.25, 0.3) is 0 Å². The largest absolute Gasteiger partial charge is 0.497 e. The van der Waals surface area contributed by atoms with E-state index in [4.69, 9.17) is 20.5 Å². The second kappa shape index (κ2) is 5.23. The summed E-state index contributed by atoms with van der Waals surface area (Å²) in [6.45, 7) is 0. The highest BCUT2D eigenvalue weighted by Crippen LogP contribution is 2.29. The lowest BCUT2D eigenvalue weighted by molar-refractivity contribution is 0.388. The van der Waals surface area contributed by atoms with Crippen LogP contribution in [0, 0.1) is 11.3 Å². The van der Waals surface area contributed by atoms with Crippen LogP contribution in [0.2, 0.25) is 0 Å². The molecule has 1 atom stereocenters. The normalized spacial score (nSPS) is 11.6. The van der Waals surface area contributed by atoms with Crippen LogP contribution in [0.4, 0.5) is 0 Å². The zero-order chi connectivity index (χ0) is 11.3. The van der Waals surface area contributed by atoms with E-state index in [0.717, 1.165) is 5.56 Å². The SMILES string of the molecule is COc1ccc([C@@H](N)CC#N)c(OC)c1. The first-order valence-corrected chi connectivity index (χ1v) is 4.57. The van der Waals surface area contributed by atoms with Crippen molar-refractivity contribution in [3.05, 3.63) is 23.8 Å². The molecular formula is C11H14N2O2. The van der Waals surface area contributed by atoms with Gasteiger partial charge >= 0.3 is 0 Å². The number of hydrogen-bond donors (Lipinski definition) is 1. The van der Waals surface area contributed by atoms with Gasteiger partial charge in [-0.15, -0.1) is 0 Å². The van der Waals surface area contributed by atoms with Crippen LogP contribution < -0.4 is 15.2 Å². The quantitative estimate of drug-likeness (QED) is 0.812. The molecule has 0 unspecified atom stereocenters. The summed E-state index contributed by atoms with van der Waals surface area (Å²) >= 11 is 0. The summed E-state index contributed by atoms with van der Waals surface area (Å²) in [5.41, 5.74) is 6.65. The lowest BCUT2D eigenvalue weighted by atomic mass is 10.0. The molecule has 0 amide bonds. The van der Waals surface area contributed by atoms with Gasteiger partial charge in [0.05, 0.1) is 26.7 Å². The Kier molecular flexibility index (Phi) is 3.95. The van der Waals surface area contributed by atoms with Crippen LogP contribution in [0.15, 0.2) is 18.2 Å². The minimum atomic E-state index is -0.323. The molecule has 1 rings (SSSR count). The fourth-order valence-corrected chi connectivity index (χ4v) is 1.33. The molecule has 0 radical (unpaired) electrons. The summed E-state index contributed by atoms with van der Waals surface area (Å²) in [5.74, 6) is 1.36. The van der Waals surface area contributed by atoms with Crippen molar-refractivity contribution >= 4 is 0 Å². The molecule has 0 saturated heterocycles. The molecule has 2 N–H and O–H groups in total. The molecule has 0 aliphatic carbocycles. The number of benzene rings is 1. The van der Waals surface area contributed by atoms with E-state index in [9.17, 15) is 0 Å². The molecular weight excluding hydrogens is 192 g/mol. The Morgan fingerprint density at radius 2 is 2.13 bits per heavy atom. The molecule has 0 fully saturated rings. The second-order valence-corrected chi connectivity index (χ2v) is 3.08. The Bertz CT molecular complexity index is 371. The third-order valence-corrected chi connectivity index (χ3v) is 2.15. The fourth-order valence-electron chi connectivity index (χ4n) is 1.33. The van der Waals surface area contributed by atoms with Gasteiger partial charge in [-0.25, -0.2) is 0 Å². The lowest BCUT2D eigenvalue weighted by Gasteiger charge is -2.13. The summed E-state index contributed by atoms with van der Waals surface area (Å²) in [6, 6.07) is 7.09. The van der Waals surface area contributed by atoms with Crippen molar-refractivity contribution in [2.45, 2.75) is 12.5 Å². The van der Waals surface area contributed by atoms with E-state index in [1.165, 1.54) is 0 Å². The highest BCUT2D eigenvalue weighted by molar-refractivity contribution is 5.42. The molecule has 0 aliphatic rings. The topological polar surface area (TPSA) is 68.3 Å². The minimum absolute atomic E-state index is 0.267. The summed E-state index contributed by atoms with van der Waals surface area (Å²) in [7, 11) is 3.15. The molecule has 4 nitrogen and oxygen atoms in total. The molecule has 15 heavy (non-hydrogen) atoms. The van der Waals surface area contributed by atoms with Gasteiger partial charge in [0.2, 0.25) is 0 Å². The van der Waals surface area contributed by atoms with E-state index in [2.05, 4.69) is 0 Å². The molecule has 4 heteroatoms. The summed E-state index contributed by atoms with van der Waals surface area (Å²) in [6.07, 6.45) is 0.267. The molecule has 1 aromatic rings. The summed E-state index contributed by atoms with van der Waals surface area (Å²) < 4.78 is 10.3. The average Bonchev–Trinajstić information content (AvgIpc) is 2.28. The van der Waals surface area contributed by atoms with E-state index < -0.39 is 0 Å². The van der Waals surface area contributed by atoms with Gasteiger partial charge in [-0.2, -0.15) is 5.26 Å². The van der Waals surface area contributed by atoms with E-state index in [1.807, 2.05) is 12.1 Å².